The molecule has 4 aromatic rings. The molecule has 0 saturated carbocycles. The minimum atomic E-state index is -0.670. The number of aromatic nitrogens is 4. The molecule has 3 aromatic heterocycles. The van der Waals surface area contributed by atoms with Crippen molar-refractivity contribution in [3.05, 3.63) is 105 Å². The van der Waals surface area contributed by atoms with Crippen molar-refractivity contribution in [3.8, 4) is 5.75 Å². The van der Waals surface area contributed by atoms with Crippen molar-refractivity contribution in [3.63, 3.8) is 0 Å². The van der Waals surface area contributed by atoms with Gasteiger partial charge in [0.25, 0.3) is 5.56 Å². The number of aryl methyl sites for hydroxylation is 3. The number of rotatable bonds is 9. The van der Waals surface area contributed by atoms with Gasteiger partial charge in [-0.15, -0.1) is 37.2 Å². The maximum atomic E-state index is 15.1. The molecule has 0 unspecified atom stereocenters. The number of pyridine rings is 2. The zero-order valence-corrected chi connectivity index (χ0v) is 26.8. The Bertz CT molecular complexity index is 1650. The Morgan fingerprint density at radius 2 is 1.89 bits per heavy atom. The second-order valence-corrected chi connectivity index (χ2v) is 10.1. The van der Waals surface area contributed by atoms with Crippen LogP contribution in [-0.2, 0) is 17.8 Å². The highest BCUT2D eigenvalue weighted by Gasteiger charge is 2.31. The maximum Gasteiger partial charge on any atom is 0.294 e. The van der Waals surface area contributed by atoms with E-state index < -0.39 is 23.3 Å². The van der Waals surface area contributed by atoms with Gasteiger partial charge in [-0.1, -0.05) is 18.2 Å². The van der Waals surface area contributed by atoms with Crippen molar-refractivity contribution in [2.45, 2.75) is 45.2 Å². The maximum absolute atomic E-state index is 15.1. The first kappa shape index (κ1) is 36.3. The van der Waals surface area contributed by atoms with E-state index in [2.05, 4.69) is 25.6 Å². The fraction of sp³-hybridized carbons (Fsp3) is 0.300. The van der Waals surface area contributed by atoms with Gasteiger partial charge in [0.15, 0.2) is 5.82 Å². The van der Waals surface area contributed by atoms with Gasteiger partial charge in [0.2, 0.25) is 5.91 Å². The molecule has 1 aliphatic rings. The van der Waals surface area contributed by atoms with Crippen LogP contribution in [-0.4, -0.2) is 39.1 Å². The number of nitrogens with two attached hydrogens (primary N) is 1. The molecule has 236 valence electrons. The monoisotopic (exact) mass is 665 g/mol. The van der Waals surface area contributed by atoms with Gasteiger partial charge in [-0.2, -0.15) is 0 Å². The predicted molar refractivity (Wildman–Crippen MR) is 175 cm³/mol. The predicted octanol–water partition coefficient (Wildman–Crippen LogP) is 4.69. The Kier molecular flexibility index (Phi) is 12.9. The molecular weight excluding hydrogens is 632 g/mol. The molecule has 1 amide bonds. The first-order valence-corrected chi connectivity index (χ1v) is 13.3. The SMILES string of the molecule is COc1ccc([C@H](CNc2ncc3n(c2=O)[C@H](C(=O)NCc2ccc(N)nc2C)CC3)c2ccc(C)cn2)c(F)c1.Cl.Cl.Cl. The van der Waals surface area contributed by atoms with Crippen molar-refractivity contribution in [2.75, 3.05) is 24.7 Å². The number of methoxy groups -OCH3 is 1. The summed E-state index contributed by atoms with van der Waals surface area (Å²) in [6.45, 7) is 4.18. The van der Waals surface area contributed by atoms with E-state index >= 15 is 4.39 Å². The summed E-state index contributed by atoms with van der Waals surface area (Å²) >= 11 is 0. The third-order valence-electron chi connectivity index (χ3n) is 7.38. The van der Waals surface area contributed by atoms with Gasteiger partial charge in [-0.3, -0.25) is 19.1 Å². The topological polar surface area (TPSA) is 137 Å². The first-order valence-electron chi connectivity index (χ1n) is 13.3. The van der Waals surface area contributed by atoms with E-state index in [0.29, 0.717) is 41.4 Å². The van der Waals surface area contributed by atoms with Crippen LogP contribution < -0.4 is 26.7 Å². The summed E-state index contributed by atoms with van der Waals surface area (Å²) in [4.78, 5) is 39.8. The van der Waals surface area contributed by atoms with E-state index in [1.807, 2.05) is 32.0 Å². The first-order chi connectivity index (χ1) is 19.7. The van der Waals surface area contributed by atoms with E-state index in [4.69, 9.17) is 10.5 Å². The molecule has 0 fully saturated rings. The number of ether oxygens (including phenoxy) is 1. The summed E-state index contributed by atoms with van der Waals surface area (Å²) in [5.74, 6) is -0.325. The molecule has 44 heavy (non-hydrogen) atoms. The number of amides is 1. The Morgan fingerprint density at radius 3 is 2.55 bits per heavy atom. The summed E-state index contributed by atoms with van der Waals surface area (Å²) in [5, 5.41) is 6.03. The minimum absolute atomic E-state index is 0. The largest absolute Gasteiger partial charge is 0.497 e. The third-order valence-corrected chi connectivity index (χ3v) is 7.38. The minimum Gasteiger partial charge on any atom is -0.497 e. The Morgan fingerprint density at radius 1 is 1.11 bits per heavy atom. The number of nitrogens with one attached hydrogen (secondary N) is 2. The van der Waals surface area contributed by atoms with Crippen LogP contribution >= 0.6 is 37.2 Å². The molecule has 0 bridgehead atoms. The van der Waals surface area contributed by atoms with E-state index in [1.54, 1.807) is 30.6 Å². The van der Waals surface area contributed by atoms with Crippen LogP contribution in [0.4, 0.5) is 16.0 Å². The van der Waals surface area contributed by atoms with Crippen molar-refractivity contribution in [2.24, 2.45) is 0 Å². The highest BCUT2D eigenvalue weighted by Crippen LogP contribution is 2.29. The van der Waals surface area contributed by atoms with Crippen molar-refractivity contribution >= 4 is 54.8 Å². The van der Waals surface area contributed by atoms with Crippen LogP contribution in [0.5, 0.6) is 5.75 Å². The average Bonchev–Trinajstić information content (AvgIpc) is 3.40. The number of benzene rings is 1. The lowest BCUT2D eigenvalue weighted by atomic mass is 9.94. The summed E-state index contributed by atoms with van der Waals surface area (Å²) in [6, 6.07) is 11.3. The van der Waals surface area contributed by atoms with E-state index in [0.717, 1.165) is 16.8 Å². The normalized spacial score (nSPS) is 13.8. The van der Waals surface area contributed by atoms with Crippen LogP contribution in [0.25, 0.3) is 0 Å². The molecular formula is C30H35Cl3FN7O3. The molecule has 10 nitrogen and oxygen atoms in total. The second kappa shape index (κ2) is 15.7. The molecule has 4 N–H and O–H groups in total. The highest BCUT2D eigenvalue weighted by atomic mass is 35.5. The number of halogens is 4. The zero-order chi connectivity index (χ0) is 29.1. The number of nitrogen functional groups attached to an aromatic ring is 1. The molecule has 0 spiro atoms. The van der Waals surface area contributed by atoms with Gasteiger partial charge in [-0.25, -0.2) is 14.4 Å². The molecule has 4 heterocycles. The average molecular weight is 667 g/mol. The second-order valence-electron chi connectivity index (χ2n) is 10.1. The quantitative estimate of drug-likeness (QED) is 0.234. The zero-order valence-electron chi connectivity index (χ0n) is 24.4. The molecule has 0 radical (unpaired) electrons. The van der Waals surface area contributed by atoms with E-state index in [1.165, 1.54) is 17.7 Å². The Labute approximate surface area is 273 Å². The standard InChI is InChI=1S/C30H32FN7O3.3ClH/c1-17-4-9-25(33-13-17)23(22-8-7-21(41-3)12-24(22)31)16-35-28-30(40)38-20(15-34-28)6-10-26(38)29(39)36-14-19-5-11-27(32)37-18(19)2;;;/h4-5,7-9,11-13,15,23,26H,6,10,14,16H2,1-3H3,(H2,32,37)(H,34,35)(H,36,39);3*1H/t23-,26-;;;/m0.../s1. The fourth-order valence-electron chi connectivity index (χ4n) is 5.08. The molecule has 0 aliphatic carbocycles. The number of hydrogen-bond donors (Lipinski definition) is 3. The van der Waals surface area contributed by atoms with Crippen molar-refractivity contribution in [1.29, 1.82) is 0 Å². The number of fused-ring (bicyclic) bond motifs is 1. The van der Waals surface area contributed by atoms with Crippen LogP contribution in [0, 0.1) is 19.7 Å². The summed E-state index contributed by atoms with van der Waals surface area (Å²) in [6.07, 6.45) is 4.36. The molecule has 2 atom stereocenters. The lowest BCUT2D eigenvalue weighted by molar-refractivity contribution is -0.124. The summed E-state index contributed by atoms with van der Waals surface area (Å²) in [5.41, 5.74) is 9.59. The number of nitrogens with zero attached hydrogens (tertiary/aromatic N) is 4. The third kappa shape index (κ3) is 7.77. The van der Waals surface area contributed by atoms with Gasteiger partial charge in [0, 0.05) is 54.5 Å². The van der Waals surface area contributed by atoms with Gasteiger partial charge in [0.1, 0.15) is 23.4 Å². The van der Waals surface area contributed by atoms with Gasteiger partial charge >= 0.3 is 0 Å². The Hall–Kier alpha value is -3.93. The van der Waals surface area contributed by atoms with Crippen LogP contribution in [0.15, 0.2) is 59.7 Å². The van der Waals surface area contributed by atoms with Gasteiger partial charge in [0.05, 0.1) is 7.11 Å². The summed E-state index contributed by atoms with van der Waals surface area (Å²) < 4.78 is 21.8. The van der Waals surface area contributed by atoms with Crippen LogP contribution in [0.2, 0.25) is 0 Å². The number of anilines is 2. The molecule has 5 rings (SSSR count). The highest BCUT2D eigenvalue weighted by molar-refractivity contribution is 5.86. The molecule has 1 aliphatic heterocycles. The molecule has 0 saturated heterocycles. The van der Waals surface area contributed by atoms with E-state index in [-0.39, 0.29) is 62.0 Å². The summed E-state index contributed by atoms with van der Waals surface area (Å²) in [7, 11) is 1.48. The fourth-order valence-corrected chi connectivity index (χ4v) is 5.08. The number of hydrogen-bond acceptors (Lipinski definition) is 8. The lowest BCUT2D eigenvalue weighted by Gasteiger charge is -2.20. The smallest absolute Gasteiger partial charge is 0.294 e. The Balaban J connectivity index is 0.00000225. The molecule has 1 aromatic carbocycles. The number of carbonyl (C=O) groups is 1. The lowest BCUT2D eigenvalue weighted by Crippen LogP contribution is -2.36. The molecule has 14 heteroatoms. The van der Waals surface area contributed by atoms with Crippen LogP contribution in [0.1, 0.15) is 52.2 Å². The van der Waals surface area contributed by atoms with Crippen molar-refractivity contribution in [1.82, 2.24) is 24.8 Å². The van der Waals surface area contributed by atoms with Crippen LogP contribution in [0.3, 0.4) is 0 Å². The van der Waals surface area contributed by atoms with Gasteiger partial charge in [-0.05, 0) is 61.6 Å². The van der Waals surface area contributed by atoms with Crippen molar-refractivity contribution < 1.29 is 13.9 Å². The van der Waals surface area contributed by atoms with E-state index in [9.17, 15) is 9.59 Å². The number of carbonyl (C=O) groups excluding carboxylic acids is 1. The van der Waals surface area contributed by atoms with Gasteiger partial charge < -0.3 is 21.1 Å².